The molecule has 1 saturated heterocycles. The Morgan fingerprint density at radius 1 is 1.16 bits per heavy atom. The van der Waals surface area contributed by atoms with Gasteiger partial charge in [-0.2, -0.15) is 13.2 Å². The van der Waals surface area contributed by atoms with Crippen LogP contribution in [0.3, 0.4) is 0 Å². The monoisotopic (exact) mass is 436 g/mol. The number of alkyl halides is 3. The van der Waals surface area contributed by atoms with Crippen LogP contribution in [0.25, 0.3) is 0 Å². The van der Waals surface area contributed by atoms with Gasteiger partial charge in [0.1, 0.15) is 6.54 Å². The van der Waals surface area contributed by atoms with E-state index in [-0.39, 0.29) is 36.7 Å². The second kappa shape index (κ2) is 7.90. The summed E-state index contributed by atoms with van der Waals surface area (Å²) in [6, 6.07) is 3.11. The predicted molar refractivity (Wildman–Crippen MR) is 105 cm³/mol. The lowest BCUT2D eigenvalue weighted by Crippen LogP contribution is -2.47. The lowest BCUT2D eigenvalue weighted by atomic mass is 9.91. The summed E-state index contributed by atoms with van der Waals surface area (Å²) in [5.41, 5.74) is -0.649. The van der Waals surface area contributed by atoms with Crippen LogP contribution in [0.4, 0.5) is 18.0 Å². The third kappa shape index (κ3) is 3.75. The maximum absolute atomic E-state index is 13.6. The summed E-state index contributed by atoms with van der Waals surface area (Å²) in [6.07, 6.45) is -2.82. The van der Waals surface area contributed by atoms with Gasteiger partial charge in [-0.15, -0.1) is 0 Å². The van der Waals surface area contributed by atoms with Crippen LogP contribution in [0.5, 0.6) is 0 Å². The Morgan fingerprint density at radius 3 is 2.48 bits per heavy atom. The molecule has 0 radical (unpaired) electrons. The second-order valence-corrected chi connectivity index (χ2v) is 7.82. The number of carbonyl (C=O) groups is 3. The molecule has 0 saturated carbocycles. The summed E-state index contributed by atoms with van der Waals surface area (Å²) in [4.78, 5) is 42.8. The number of likely N-dealkylation sites (N-methyl/N-ethyl adjacent to an activating group) is 1. The van der Waals surface area contributed by atoms with Crippen molar-refractivity contribution >= 4 is 17.8 Å². The van der Waals surface area contributed by atoms with Crippen molar-refractivity contribution in [1.29, 1.82) is 0 Å². The number of carbonyl (C=O) groups excluding carboxylic acids is 3. The topological polar surface area (TPSA) is 73.0 Å². The fraction of sp³-hybridized carbons (Fsp3) is 0.476. The van der Waals surface area contributed by atoms with Gasteiger partial charge in [-0.25, -0.2) is 4.79 Å². The van der Waals surface area contributed by atoms with Gasteiger partial charge in [0.15, 0.2) is 0 Å². The van der Waals surface area contributed by atoms with Crippen molar-refractivity contribution in [3.05, 3.63) is 46.7 Å². The second-order valence-electron chi connectivity index (χ2n) is 7.82. The zero-order chi connectivity index (χ0) is 22.3. The molecule has 10 heteroatoms. The standard InChI is InChI=1S/C21H23F3N4O3/c1-2-28-15-11-27(12-16(29)26-9-5-6-10-26)19(30)17(15)18(25-20(28)31)13-7-3-4-8-14(13)21(22,23)24/h3-4,7-8,18H,2,5-6,9-12H2,1H3,(H,25,31)/t18-/m0/s1. The Balaban J connectivity index is 1.69. The number of halogens is 3. The van der Waals surface area contributed by atoms with Crippen LogP contribution in [-0.2, 0) is 15.8 Å². The van der Waals surface area contributed by atoms with E-state index in [4.69, 9.17) is 0 Å². The first-order chi connectivity index (χ1) is 14.7. The highest BCUT2D eigenvalue weighted by Gasteiger charge is 2.46. The highest BCUT2D eigenvalue weighted by atomic mass is 19.4. The normalized spacial score (nSPS) is 21.7. The Bertz CT molecular complexity index is 953. The SMILES string of the molecule is CCN1C(=O)N[C@@H](c2ccccc2C(F)(F)F)C2=C1CN(CC(=O)N1CCCC1)C2=O. The molecule has 0 aliphatic carbocycles. The average Bonchev–Trinajstić information content (AvgIpc) is 3.36. The van der Waals surface area contributed by atoms with Crippen molar-refractivity contribution in [2.75, 3.05) is 32.7 Å². The minimum absolute atomic E-state index is 0.0136. The van der Waals surface area contributed by atoms with E-state index < -0.39 is 29.7 Å². The van der Waals surface area contributed by atoms with Gasteiger partial charge in [0, 0.05) is 19.6 Å². The number of hydrogen-bond acceptors (Lipinski definition) is 3. The van der Waals surface area contributed by atoms with Crippen molar-refractivity contribution in [3.63, 3.8) is 0 Å². The van der Waals surface area contributed by atoms with Crippen molar-refractivity contribution in [2.45, 2.75) is 32.0 Å². The number of nitrogens with zero attached hydrogens (tertiary/aromatic N) is 3. The number of urea groups is 1. The van der Waals surface area contributed by atoms with Crippen LogP contribution in [0.2, 0.25) is 0 Å². The summed E-state index contributed by atoms with van der Waals surface area (Å²) >= 11 is 0. The van der Waals surface area contributed by atoms with E-state index in [0.29, 0.717) is 18.8 Å². The van der Waals surface area contributed by atoms with Gasteiger partial charge < -0.3 is 15.1 Å². The average molecular weight is 436 g/mol. The molecule has 1 fully saturated rings. The summed E-state index contributed by atoms with van der Waals surface area (Å²) in [7, 11) is 0. The summed E-state index contributed by atoms with van der Waals surface area (Å²) < 4.78 is 40.9. The first kappa shape index (κ1) is 21.2. The molecule has 0 aromatic heterocycles. The smallest absolute Gasteiger partial charge is 0.341 e. The Kier molecular flexibility index (Phi) is 5.40. The van der Waals surface area contributed by atoms with E-state index in [0.717, 1.165) is 18.9 Å². The van der Waals surface area contributed by atoms with E-state index in [9.17, 15) is 27.6 Å². The number of nitrogens with one attached hydrogen (secondary N) is 1. The van der Waals surface area contributed by atoms with Crippen LogP contribution in [-0.4, -0.2) is 65.3 Å². The van der Waals surface area contributed by atoms with E-state index in [1.54, 1.807) is 11.8 Å². The van der Waals surface area contributed by atoms with E-state index in [1.807, 2.05) is 0 Å². The molecule has 1 N–H and O–H groups in total. The van der Waals surface area contributed by atoms with Crippen LogP contribution in [0, 0.1) is 0 Å². The molecule has 1 atom stereocenters. The van der Waals surface area contributed by atoms with Gasteiger partial charge in [0.25, 0.3) is 5.91 Å². The van der Waals surface area contributed by atoms with Gasteiger partial charge in [0.05, 0.1) is 29.4 Å². The number of hydrogen-bond donors (Lipinski definition) is 1. The molecular formula is C21H23F3N4O3. The van der Waals surface area contributed by atoms with Crippen molar-refractivity contribution < 1.29 is 27.6 Å². The first-order valence-electron chi connectivity index (χ1n) is 10.3. The van der Waals surface area contributed by atoms with Gasteiger partial charge in [-0.1, -0.05) is 18.2 Å². The van der Waals surface area contributed by atoms with E-state index in [1.165, 1.54) is 28.0 Å². The fourth-order valence-electron chi connectivity index (χ4n) is 4.48. The van der Waals surface area contributed by atoms with Crippen molar-refractivity contribution in [2.24, 2.45) is 0 Å². The van der Waals surface area contributed by atoms with Crippen LogP contribution < -0.4 is 5.32 Å². The highest BCUT2D eigenvalue weighted by molar-refractivity contribution is 6.03. The van der Waals surface area contributed by atoms with Crippen molar-refractivity contribution in [3.8, 4) is 0 Å². The molecule has 4 rings (SSSR count). The van der Waals surface area contributed by atoms with Crippen LogP contribution in [0.15, 0.2) is 35.5 Å². The van der Waals surface area contributed by atoms with Crippen molar-refractivity contribution in [1.82, 2.24) is 20.0 Å². The number of likely N-dealkylation sites (tertiary alicyclic amines) is 1. The number of rotatable bonds is 4. The molecule has 7 nitrogen and oxygen atoms in total. The number of benzene rings is 1. The maximum Gasteiger partial charge on any atom is 0.416 e. The predicted octanol–water partition coefficient (Wildman–Crippen LogP) is 2.51. The third-order valence-corrected chi connectivity index (χ3v) is 5.97. The summed E-state index contributed by atoms with van der Waals surface area (Å²) in [6.45, 7) is 3.09. The summed E-state index contributed by atoms with van der Waals surface area (Å²) in [5.74, 6) is -0.719. The largest absolute Gasteiger partial charge is 0.416 e. The fourth-order valence-corrected chi connectivity index (χ4v) is 4.48. The first-order valence-corrected chi connectivity index (χ1v) is 10.3. The third-order valence-electron chi connectivity index (χ3n) is 5.97. The molecule has 1 aromatic rings. The summed E-state index contributed by atoms with van der Waals surface area (Å²) in [5, 5.41) is 2.56. The maximum atomic E-state index is 13.6. The molecule has 0 unspecified atom stereocenters. The molecule has 3 aliphatic rings. The Hall–Kier alpha value is -3.04. The molecule has 31 heavy (non-hydrogen) atoms. The van der Waals surface area contributed by atoms with Crippen LogP contribution in [0.1, 0.15) is 36.9 Å². The molecule has 166 valence electrons. The minimum Gasteiger partial charge on any atom is -0.341 e. The molecule has 3 aliphatic heterocycles. The lowest BCUT2D eigenvalue weighted by Gasteiger charge is -2.33. The van der Waals surface area contributed by atoms with Gasteiger partial charge in [0.2, 0.25) is 5.91 Å². The molecule has 4 amide bonds. The van der Waals surface area contributed by atoms with Gasteiger partial charge >= 0.3 is 12.2 Å². The Morgan fingerprint density at radius 2 is 1.84 bits per heavy atom. The molecular weight excluding hydrogens is 413 g/mol. The van der Waals surface area contributed by atoms with Gasteiger partial charge in [-0.3, -0.25) is 14.5 Å². The highest BCUT2D eigenvalue weighted by Crippen LogP contribution is 2.41. The molecule has 0 bridgehead atoms. The zero-order valence-electron chi connectivity index (χ0n) is 17.0. The molecule has 3 heterocycles. The Labute approximate surface area is 177 Å². The zero-order valence-corrected chi connectivity index (χ0v) is 17.0. The quantitative estimate of drug-likeness (QED) is 0.789. The number of amides is 4. The molecule has 0 spiro atoms. The van der Waals surface area contributed by atoms with Crippen LogP contribution >= 0.6 is 0 Å². The van der Waals surface area contributed by atoms with Gasteiger partial charge in [-0.05, 0) is 31.4 Å². The van der Waals surface area contributed by atoms with E-state index >= 15 is 0 Å². The molecule has 1 aromatic carbocycles. The van der Waals surface area contributed by atoms with E-state index in [2.05, 4.69) is 5.32 Å². The minimum atomic E-state index is -4.64. The lowest BCUT2D eigenvalue weighted by molar-refractivity contribution is -0.138.